The molecule has 1 atom stereocenters. The van der Waals surface area contributed by atoms with Crippen LogP contribution in [0.4, 0.5) is 8.78 Å². The van der Waals surface area contributed by atoms with Gasteiger partial charge in [-0.15, -0.1) is 0 Å². The van der Waals surface area contributed by atoms with Gasteiger partial charge in [-0.25, -0.2) is 8.78 Å². The molecule has 3 aromatic rings. The van der Waals surface area contributed by atoms with Crippen LogP contribution in [0.15, 0.2) is 65.7 Å². The quantitative estimate of drug-likeness (QED) is 0.477. The SMILES string of the molecule is O=C(NCCc1cccc(F)c1)c1cn(C[C@H]2CCCO2)cc(C(=O)NCc2ccc(F)cc2)c1=O. The first kappa shape index (κ1) is 25.2. The first-order valence-electron chi connectivity index (χ1n) is 11.8. The average molecular weight is 496 g/mol. The Morgan fingerprint density at radius 3 is 2.33 bits per heavy atom. The van der Waals surface area contributed by atoms with E-state index in [1.165, 1.54) is 48.8 Å². The molecule has 1 aliphatic heterocycles. The van der Waals surface area contributed by atoms with Crippen LogP contribution in [-0.4, -0.2) is 35.6 Å². The maximum atomic E-state index is 13.4. The monoisotopic (exact) mass is 495 g/mol. The number of nitrogens with one attached hydrogen (secondary N) is 2. The molecule has 1 saturated heterocycles. The van der Waals surface area contributed by atoms with Crippen molar-refractivity contribution in [2.75, 3.05) is 13.2 Å². The lowest BCUT2D eigenvalue weighted by atomic mass is 10.1. The van der Waals surface area contributed by atoms with E-state index < -0.39 is 23.1 Å². The summed E-state index contributed by atoms with van der Waals surface area (Å²) in [5, 5.41) is 5.34. The van der Waals surface area contributed by atoms with E-state index in [1.54, 1.807) is 16.7 Å². The van der Waals surface area contributed by atoms with E-state index in [1.807, 2.05) is 0 Å². The summed E-state index contributed by atoms with van der Waals surface area (Å²) >= 11 is 0. The fourth-order valence-corrected chi connectivity index (χ4v) is 4.07. The zero-order chi connectivity index (χ0) is 25.5. The number of aromatic nitrogens is 1. The molecule has 7 nitrogen and oxygen atoms in total. The number of halogens is 2. The van der Waals surface area contributed by atoms with E-state index in [9.17, 15) is 23.2 Å². The maximum absolute atomic E-state index is 13.4. The topological polar surface area (TPSA) is 89.4 Å². The summed E-state index contributed by atoms with van der Waals surface area (Å²) in [5.74, 6) is -2.01. The van der Waals surface area contributed by atoms with E-state index in [4.69, 9.17) is 4.74 Å². The minimum atomic E-state index is -0.696. The van der Waals surface area contributed by atoms with Gasteiger partial charge >= 0.3 is 0 Å². The van der Waals surface area contributed by atoms with Crippen molar-refractivity contribution in [2.24, 2.45) is 0 Å². The van der Waals surface area contributed by atoms with Crippen LogP contribution in [0.2, 0.25) is 0 Å². The molecule has 0 saturated carbocycles. The van der Waals surface area contributed by atoms with E-state index in [2.05, 4.69) is 10.6 Å². The summed E-state index contributed by atoms with van der Waals surface area (Å²) in [6.07, 6.45) is 4.92. The molecular formula is C27H27F2N3O4. The summed E-state index contributed by atoms with van der Waals surface area (Å²) in [6.45, 7) is 1.31. The van der Waals surface area contributed by atoms with Crippen molar-refractivity contribution >= 4 is 11.8 Å². The van der Waals surface area contributed by atoms with Crippen LogP contribution in [0, 0.1) is 11.6 Å². The molecule has 1 aromatic heterocycles. The Bertz CT molecular complexity index is 1280. The van der Waals surface area contributed by atoms with Crippen molar-refractivity contribution < 1.29 is 23.1 Å². The molecule has 2 amide bonds. The van der Waals surface area contributed by atoms with Crippen molar-refractivity contribution in [3.05, 3.63) is 105 Å². The molecule has 9 heteroatoms. The number of nitrogens with zero attached hydrogens (tertiary/aromatic N) is 1. The summed E-state index contributed by atoms with van der Waals surface area (Å²) in [5.41, 5.74) is 0.337. The Morgan fingerprint density at radius 2 is 1.67 bits per heavy atom. The largest absolute Gasteiger partial charge is 0.376 e. The fourth-order valence-electron chi connectivity index (χ4n) is 4.07. The second-order valence-corrected chi connectivity index (χ2v) is 8.69. The third-order valence-corrected chi connectivity index (χ3v) is 5.96. The van der Waals surface area contributed by atoms with E-state index >= 15 is 0 Å². The number of ether oxygens (including phenoxy) is 1. The van der Waals surface area contributed by atoms with Gasteiger partial charge in [0.1, 0.15) is 22.8 Å². The molecule has 0 bridgehead atoms. The molecule has 188 valence electrons. The van der Waals surface area contributed by atoms with Crippen LogP contribution in [0.3, 0.4) is 0 Å². The summed E-state index contributed by atoms with van der Waals surface area (Å²) in [7, 11) is 0. The predicted molar refractivity (Wildman–Crippen MR) is 130 cm³/mol. The lowest BCUT2D eigenvalue weighted by Gasteiger charge is -2.16. The zero-order valence-electron chi connectivity index (χ0n) is 19.6. The van der Waals surface area contributed by atoms with E-state index in [0.717, 1.165) is 12.8 Å². The van der Waals surface area contributed by atoms with Gasteiger partial charge in [0.15, 0.2) is 0 Å². The Hall–Kier alpha value is -3.85. The number of benzene rings is 2. The minimum Gasteiger partial charge on any atom is -0.376 e. The van der Waals surface area contributed by atoms with Crippen LogP contribution in [0.5, 0.6) is 0 Å². The highest BCUT2D eigenvalue weighted by atomic mass is 19.1. The van der Waals surface area contributed by atoms with Gasteiger partial charge in [-0.1, -0.05) is 24.3 Å². The minimum absolute atomic E-state index is 0.0773. The molecule has 2 heterocycles. The van der Waals surface area contributed by atoms with Gasteiger partial charge in [0.05, 0.1) is 6.10 Å². The zero-order valence-corrected chi connectivity index (χ0v) is 19.6. The molecule has 2 N–H and O–H groups in total. The number of carbonyl (C=O) groups excluding carboxylic acids is 2. The summed E-state index contributed by atoms with van der Waals surface area (Å²) in [4.78, 5) is 38.9. The van der Waals surface area contributed by atoms with Crippen LogP contribution >= 0.6 is 0 Å². The van der Waals surface area contributed by atoms with Crippen molar-refractivity contribution in [2.45, 2.75) is 38.5 Å². The Morgan fingerprint density at radius 1 is 0.944 bits per heavy atom. The molecule has 0 radical (unpaired) electrons. The molecule has 1 aliphatic rings. The summed E-state index contributed by atoms with van der Waals surface area (Å²) in [6, 6.07) is 11.7. The summed E-state index contributed by atoms with van der Waals surface area (Å²) < 4.78 is 33.8. The standard InChI is InChI=1S/C27H27F2N3O4/c28-20-8-6-19(7-9-20)14-31-27(35)24-17-32(15-22-5-2-12-36-22)16-23(25(24)33)26(34)30-11-10-18-3-1-4-21(29)13-18/h1,3-4,6-9,13,16-17,22H,2,5,10-12,14-15H2,(H,30,34)(H,31,35)/t22-/m1/s1. The second-order valence-electron chi connectivity index (χ2n) is 8.69. The molecule has 0 unspecified atom stereocenters. The van der Waals surface area contributed by atoms with E-state index in [-0.39, 0.29) is 36.1 Å². The highest BCUT2D eigenvalue weighted by molar-refractivity contribution is 5.99. The number of carbonyl (C=O) groups is 2. The number of rotatable bonds is 9. The van der Waals surface area contributed by atoms with E-state index in [0.29, 0.717) is 30.7 Å². The van der Waals surface area contributed by atoms with Crippen molar-refractivity contribution in [1.82, 2.24) is 15.2 Å². The smallest absolute Gasteiger partial charge is 0.257 e. The molecule has 36 heavy (non-hydrogen) atoms. The Kier molecular flexibility index (Phi) is 8.22. The van der Waals surface area contributed by atoms with Crippen molar-refractivity contribution in [3.63, 3.8) is 0 Å². The fraction of sp³-hybridized carbons (Fsp3) is 0.296. The second kappa shape index (κ2) is 11.7. The number of pyridine rings is 1. The van der Waals surface area contributed by atoms with Gasteiger partial charge in [-0.3, -0.25) is 14.4 Å². The van der Waals surface area contributed by atoms with Gasteiger partial charge in [-0.05, 0) is 54.7 Å². The lowest BCUT2D eigenvalue weighted by molar-refractivity contribution is 0.0925. The first-order chi connectivity index (χ1) is 17.4. The number of amides is 2. The lowest BCUT2D eigenvalue weighted by Crippen LogP contribution is -2.36. The third kappa shape index (κ3) is 6.63. The highest BCUT2D eigenvalue weighted by Crippen LogP contribution is 2.14. The maximum Gasteiger partial charge on any atom is 0.257 e. The molecule has 4 rings (SSSR count). The predicted octanol–water partition coefficient (Wildman–Crippen LogP) is 3.21. The normalized spacial score (nSPS) is 15.0. The van der Waals surface area contributed by atoms with Crippen LogP contribution in [-0.2, 0) is 24.2 Å². The van der Waals surface area contributed by atoms with Crippen molar-refractivity contribution in [3.8, 4) is 0 Å². The molecule has 0 aliphatic carbocycles. The van der Waals surface area contributed by atoms with Gasteiger partial charge in [-0.2, -0.15) is 0 Å². The highest BCUT2D eigenvalue weighted by Gasteiger charge is 2.22. The number of hydrogen-bond donors (Lipinski definition) is 2. The van der Waals surface area contributed by atoms with Gasteiger partial charge in [0, 0.05) is 38.6 Å². The third-order valence-electron chi connectivity index (χ3n) is 5.96. The Labute approximate surface area is 207 Å². The molecule has 2 aromatic carbocycles. The van der Waals surface area contributed by atoms with Crippen LogP contribution < -0.4 is 16.1 Å². The first-order valence-corrected chi connectivity index (χ1v) is 11.8. The number of hydrogen-bond acceptors (Lipinski definition) is 4. The van der Waals surface area contributed by atoms with Crippen LogP contribution in [0.25, 0.3) is 0 Å². The Balaban J connectivity index is 1.51. The molecule has 0 spiro atoms. The average Bonchev–Trinajstić information content (AvgIpc) is 3.37. The molecule has 1 fully saturated rings. The van der Waals surface area contributed by atoms with Gasteiger partial charge < -0.3 is 19.9 Å². The van der Waals surface area contributed by atoms with Gasteiger partial charge in [0.2, 0.25) is 5.43 Å². The van der Waals surface area contributed by atoms with Crippen molar-refractivity contribution in [1.29, 1.82) is 0 Å². The van der Waals surface area contributed by atoms with Crippen LogP contribution in [0.1, 0.15) is 44.7 Å². The molecular weight excluding hydrogens is 468 g/mol. The van der Waals surface area contributed by atoms with Gasteiger partial charge in [0.25, 0.3) is 11.8 Å².